The van der Waals surface area contributed by atoms with Crippen LogP contribution in [0.5, 0.6) is 5.75 Å². The summed E-state index contributed by atoms with van der Waals surface area (Å²) < 4.78 is 30.4. The fraction of sp³-hybridized carbons (Fsp3) is 0.538. The highest BCUT2D eigenvalue weighted by molar-refractivity contribution is 9.10. The van der Waals surface area contributed by atoms with E-state index in [1.54, 1.807) is 6.07 Å². The lowest BCUT2D eigenvalue weighted by Crippen LogP contribution is -2.20. The van der Waals surface area contributed by atoms with Crippen molar-refractivity contribution in [3.05, 3.63) is 28.2 Å². The first kappa shape index (κ1) is 15.4. The fourth-order valence-electron chi connectivity index (χ4n) is 1.61. The van der Waals surface area contributed by atoms with Crippen molar-refractivity contribution in [1.29, 1.82) is 0 Å². The normalized spacial score (nSPS) is 12.8. The first-order valence-corrected chi connectivity index (χ1v) is 6.77. The van der Waals surface area contributed by atoms with Crippen LogP contribution < -0.4 is 10.1 Å². The standard InChI is InChI=1S/C13H18BrF2NO/c1-3-6-17-9(2)11-5-4-10(14)7-12(11)18-8-13(15)16/h4-5,7,9,13,17H,3,6,8H2,1-2H3. The summed E-state index contributed by atoms with van der Waals surface area (Å²) >= 11 is 3.32. The van der Waals surface area contributed by atoms with Gasteiger partial charge in [0.05, 0.1) is 0 Å². The Bertz CT molecular complexity index is 374. The van der Waals surface area contributed by atoms with Gasteiger partial charge in [-0.05, 0) is 32.0 Å². The minimum Gasteiger partial charge on any atom is -0.487 e. The monoisotopic (exact) mass is 321 g/mol. The van der Waals surface area contributed by atoms with Crippen molar-refractivity contribution in [2.45, 2.75) is 32.7 Å². The van der Waals surface area contributed by atoms with E-state index in [4.69, 9.17) is 4.74 Å². The molecule has 0 aromatic heterocycles. The van der Waals surface area contributed by atoms with Gasteiger partial charge in [-0.3, -0.25) is 0 Å². The number of ether oxygens (including phenoxy) is 1. The second kappa shape index (κ2) is 7.69. The van der Waals surface area contributed by atoms with Crippen molar-refractivity contribution in [1.82, 2.24) is 5.32 Å². The summed E-state index contributed by atoms with van der Waals surface area (Å²) in [5.41, 5.74) is 0.896. The molecule has 0 aliphatic rings. The van der Waals surface area contributed by atoms with Crippen LogP contribution >= 0.6 is 15.9 Å². The highest BCUT2D eigenvalue weighted by Gasteiger charge is 2.13. The topological polar surface area (TPSA) is 21.3 Å². The predicted octanol–water partition coefficient (Wildman–Crippen LogP) is 4.15. The molecule has 1 unspecified atom stereocenters. The number of hydrogen-bond acceptors (Lipinski definition) is 2. The minimum absolute atomic E-state index is 0.0747. The lowest BCUT2D eigenvalue weighted by Gasteiger charge is -2.18. The fourth-order valence-corrected chi connectivity index (χ4v) is 1.95. The average molecular weight is 322 g/mol. The third-order valence-corrected chi connectivity index (χ3v) is 3.00. The van der Waals surface area contributed by atoms with E-state index in [1.807, 2.05) is 19.1 Å². The van der Waals surface area contributed by atoms with Crippen LogP contribution in [0.1, 0.15) is 31.9 Å². The molecule has 1 atom stereocenters. The number of rotatable bonds is 7. The number of halogens is 3. The molecule has 0 spiro atoms. The highest BCUT2D eigenvalue weighted by atomic mass is 79.9. The van der Waals surface area contributed by atoms with Gasteiger partial charge < -0.3 is 10.1 Å². The number of benzene rings is 1. The molecule has 1 aromatic rings. The van der Waals surface area contributed by atoms with Gasteiger partial charge in [-0.1, -0.05) is 28.9 Å². The van der Waals surface area contributed by atoms with E-state index in [0.717, 1.165) is 23.0 Å². The van der Waals surface area contributed by atoms with E-state index in [2.05, 4.69) is 28.2 Å². The van der Waals surface area contributed by atoms with Crippen LogP contribution in [0, 0.1) is 0 Å². The second-order valence-electron chi connectivity index (χ2n) is 4.06. The lowest BCUT2D eigenvalue weighted by atomic mass is 10.1. The third kappa shape index (κ3) is 4.90. The summed E-state index contributed by atoms with van der Waals surface area (Å²) in [5, 5.41) is 3.31. The van der Waals surface area contributed by atoms with E-state index >= 15 is 0 Å². The zero-order chi connectivity index (χ0) is 13.5. The molecule has 1 rings (SSSR count). The summed E-state index contributed by atoms with van der Waals surface area (Å²) in [6, 6.07) is 5.57. The van der Waals surface area contributed by atoms with E-state index < -0.39 is 13.0 Å². The van der Waals surface area contributed by atoms with Gasteiger partial charge in [0.15, 0.2) is 0 Å². The van der Waals surface area contributed by atoms with Crippen molar-refractivity contribution in [2.24, 2.45) is 0 Å². The molecule has 2 nitrogen and oxygen atoms in total. The van der Waals surface area contributed by atoms with Crippen molar-refractivity contribution < 1.29 is 13.5 Å². The zero-order valence-electron chi connectivity index (χ0n) is 10.6. The largest absolute Gasteiger partial charge is 0.487 e. The molecule has 5 heteroatoms. The Morgan fingerprint density at radius 2 is 2.11 bits per heavy atom. The molecule has 1 aromatic carbocycles. The Labute approximate surface area is 115 Å². The summed E-state index contributed by atoms with van der Waals surface area (Å²) in [4.78, 5) is 0. The molecule has 18 heavy (non-hydrogen) atoms. The van der Waals surface area contributed by atoms with Crippen LogP contribution in [0.15, 0.2) is 22.7 Å². The van der Waals surface area contributed by atoms with Crippen LogP contribution in [0.2, 0.25) is 0 Å². The molecule has 0 fully saturated rings. The van der Waals surface area contributed by atoms with Crippen molar-refractivity contribution in [2.75, 3.05) is 13.2 Å². The molecule has 0 saturated heterocycles. The molecule has 0 saturated carbocycles. The van der Waals surface area contributed by atoms with E-state index in [9.17, 15) is 8.78 Å². The summed E-state index contributed by atoms with van der Waals surface area (Å²) in [6.07, 6.45) is -1.44. The van der Waals surface area contributed by atoms with Gasteiger partial charge in [0.1, 0.15) is 12.4 Å². The molecular weight excluding hydrogens is 304 g/mol. The quantitative estimate of drug-likeness (QED) is 0.814. The Hall–Kier alpha value is -0.680. The van der Waals surface area contributed by atoms with Gasteiger partial charge in [-0.2, -0.15) is 0 Å². The molecule has 0 aliphatic heterocycles. The Morgan fingerprint density at radius 1 is 1.39 bits per heavy atom. The number of alkyl halides is 2. The van der Waals surface area contributed by atoms with Gasteiger partial charge in [0.2, 0.25) is 0 Å². The molecule has 0 radical (unpaired) electrons. The molecule has 1 N–H and O–H groups in total. The molecular formula is C13H18BrF2NO. The number of nitrogens with one attached hydrogen (secondary N) is 1. The highest BCUT2D eigenvalue weighted by Crippen LogP contribution is 2.29. The SMILES string of the molecule is CCCNC(C)c1ccc(Br)cc1OCC(F)F. The smallest absolute Gasteiger partial charge is 0.272 e. The summed E-state index contributed by atoms with van der Waals surface area (Å²) in [5.74, 6) is 0.501. The number of hydrogen-bond donors (Lipinski definition) is 1. The van der Waals surface area contributed by atoms with Gasteiger partial charge in [-0.25, -0.2) is 8.78 Å². The average Bonchev–Trinajstić information content (AvgIpc) is 2.33. The summed E-state index contributed by atoms with van der Waals surface area (Å²) in [6.45, 7) is 4.37. The molecule has 0 amide bonds. The molecule has 102 valence electrons. The first-order chi connectivity index (χ1) is 8.54. The van der Waals surface area contributed by atoms with Gasteiger partial charge in [-0.15, -0.1) is 0 Å². The van der Waals surface area contributed by atoms with Gasteiger partial charge in [0, 0.05) is 16.1 Å². The Kier molecular flexibility index (Phi) is 6.57. The molecule has 0 heterocycles. The van der Waals surface area contributed by atoms with Crippen molar-refractivity contribution in [3.8, 4) is 5.75 Å². The van der Waals surface area contributed by atoms with Crippen molar-refractivity contribution in [3.63, 3.8) is 0 Å². The maximum atomic E-state index is 12.2. The van der Waals surface area contributed by atoms with Crippen LogP contribution in [-0.2, 0) is 0 Å². The minimum atomic E-state index is -2.46. The maximum absolute atomic E-state index is 12.2. The first-order valence-electron chi connectivity index (χ1n) is 5.98. The Morgan fingerprint density at radius 3 is 2.72 bits per heavy atom. The molecule has 0 bridgehead atoms. The maximum Gasteiger partial charge on any atom is 0.272 e. The van der Waals surface area contributed by atoms with E-state index in [0.29, 0.717) is 5.75 Å². The van der Waals surface area contributed by atoms with Crippen LogP contribution in [0.4, 0.5) is 8.78 Å². The lowest BCUT2D eigenvalue weighted by molar-refractivity contribution is 0.0811. The second-order valence-corrected chi connectivity index (χ2v) is 4.98. The Balaban J connectivity index is 2.81. The molecule has 0 aliphatic carbocycles. The van der Waals surface area contributed by atoms with Gasteiger partial charge in [0.25, 0.3) is 6.43 Å². The van der Waals surface area contributed by atoms with E-state index in [-0.39, 0.29) is 6.04 Å². The van der Waals surface area contributed by atoms with Crippen LogP contribution in [0.25, 0.3) is 0 Å². The van der Waals surface area contributed by atoms with Crippen LogP contribution in [0.3, 0.4) is 0 Å². The third-order valence-electron chi connectivity index (χ3n) is 2.51. The predicted molar refractivity (Wildman–Crippen MR) is 72.3 cm³/mol. The van der Waals surface area contributed by atoms with Crippen molar-refractivity contribution >= 4 is 15.9 Å². The summed E-state index contributed by atoms with van der Waals surface area (Å²) in [7, 11) is 0. The van der Waals surface area contributed by atoms with Gasteiger partial charge >= 0.3 is 0 Å². The van der Waals surface area contributed by atoms with Crippen LogP contribution in [-0.4, -0.2) is 19.6 Å². The zero-order valence-corrected chi connectivity index (χ0v) is 12.1. The van der Waals surface area contributed by atoms with E-state index in [1.165, 1.54) is 0 Å².